The topological polar surface area (TPSA) is 111 Å². The van der Waals surface area contributed by atoms with Gasteiger partial charge in [0.05, 0.1) is 17.3 Å². The summed E-state index contributed by atoms with van der Waals surface area (Å²) in [6, 6.07) is 4.02. The van der Waals surface area contributed by atoms with Gasteiger partial charge < -0.3 is 15.2 Å². The fraction of sp³-hybridized carbons (Fsp3) is 0.389. The van der Waals surface area contributed by atoms with Crippen LogP contribution in [0, 0.1) is 17.2 Å². The Balaban J connectivity index is 1.67. The van der Waals surface area contributed by atoms with Crippen LogP contribution in [0.4, 0.5) is 5.69 Å². The standard InChI is InChI=1S/C18H19N7OS/c1-11-4-7-25(15(26)2-5-19)9-14(11)23-16-12-3-6-20-17(12)21-8-13(16)18-24-22-10-27-18/h3,6,8,10-11,14H,2,4,7,9H2,1H3,(H2,20,21,23)/t11-,14+/m1/s1. The molecule has 0 aliphatic carbocycles. The van der Waals surface area contributed by atoms with Gasteiger partial charge in [0.15, 0.2) is 5.01 Å². The van der Waals surface area contributed by atoms with E-state index in [1.165, 1.54) is 11.3 Å². The average Bonchev–Trinajstić information content (AvgIpc) is 3.35. The van der Waals surface area contributed by atoms with E-state index in [0.29, 0.717) is 19.0 Å². The summed E-state index contributed by atoms with van der Waals surface area (Å²) < 4.78 is 0. The number of nitrogens with zero attached hydrogens (tertiary/aromatic N) is 5. The summed E-state index contributed by atoms with van der Waals surface area (Å²) in [5.41, 5.74) is 4.35. The van der Waals surface area contributed by atoms with Gasteiger partial charge in [-0.05, 0) is 18.4 Å². The van der Waals surface area contributed by atoms with Gasteiger partial charge in [-0.1, -0.05) is 18.3 Å². The van der Waals surface area contributed by atoms with E-state index in [2.05, 4.69) is 32.4 Å². The lowest BCUT2D eigenvalue weighted by atomic mass is 9.92. The molecule has 1 amide bonds. The smallest absolute Gasteiger partial charge is 0.236 e. The molecule has 2 atom stereocenters. The van der Waals surface area contributed by atoms with Gasteiger partial charge in [0.25, 0.3) is 0 Å². The maximum atomic E-state index is 12.2. The number of amides is 1. The second-order valence-corrected chi connectivity index (χ2v) is 7.56. The molecule has 9 heteroatoms. The molecule has 4 rings (SSSR count). The van der Waals surface area contributed by atoms with Gasteiger partial charge in [-0.2, -0.15) is 5.26 Å². The number of carbonyl (C=O) groups excluding carboxylic acids is 1. The Labute approximate surface area is 160 Å². The molecule has 0 saturated carbocycles. The number of hydrogen-bond acceptors (Lipinski definition) is 7. The molecule has 2 N–H and O–H groups in total. The number of likely N-dealkylation sites (tertiary alicyclic amines) is 1. The van der Waals surface area contributed by atoms with Crippen LogP contribution in [-0.2, 0) is 4.79 Å². The van der Waals surface area contributed by atoms with Crippen LogP contribution in [0.15, 0.2) is 24.0 Å². The van der Waals surface area contributed by atoms with E-state index in [1.54, 1.807) is 16.6 Å². The molecule has 3 aromatic rings. The van der Waals surface area contributed by atoms with E-state index in [1.807, 2.05) is 18.3 Å². The van der Waals surface area contributed by atoms with Crippen molar-refractivity contribution < 1.29 is 4.79 Å². The lowest BCUT2D eigenvalue weighted by Gasteiger charge is -2.38. The van der Waals surface area contributed by atoms with Crippen LogP contribution in [0.2, 0.25) is 0 Å². The minimum Gasteiger partial charge on any atom is -0.379 e. The van der Waals surface area contributed by atoms with Crippen molar-refractivity contribution in [3.63, 3.8) is 0 Å². The van der Waals surface area contributed by atoms with E-state index in [4.69, 9.17) is 5.26 Å². The van der Waals surface area contributed by atoms with Crippen LogP contribution in [-0.4, -0.2) is 50.1 Å². The summed E-state index contributed by atoms with van der Waals surface area (Å²) >= 11 is 1.46. The Hall–Kier alpha value is -2.99. The second-order valence-electron chi connectivity index (χ2n) is 6.72. The molecular weight excluding hydrogens is 362 g/mol. The number of aromatic amines is 1. The number of pyridine rings is 1. The monoisotopic (exact) mass is 381 g/mol. The van der Waals surface area contributed by atoms with Crippen LogP contribution >= 0.6 is 11.3 Å². The first-order valence-electron chi connectivity index (χ1n) is 8.81. The molecule has 27 heavy (non-hydrogen) atoms. The molecule has 8 nitrogen and oxygen atoms in total. The van der Waals surface area contributed by atoms with Crippen LogP contribution in [0.5, 0.6) is 0 Å². The van der Waals surface area contributed by atoms with Crippen LogP contribution in [0.25, 0.3) is 21.6 Å². The number of H-pyrrole nitrogens is 1. The third-order valence-corrected chi connectivity index (χ3v) is 5.77. The molecule has 1 fully saturated rings. The summed E-state index contributed by atoms with van der Waals surface area (Å²) in [7, 11) is 0. The predicted octanol–water partition coefficient (Wildman–Crippen LogP) is 2.64. The third-order valence-electron chi connectivity index (χ3n) is 5.05. The predicted molar refractivity (Wildman–Crippen MR) is 103 cm³/mol. The van der Waals surface area contributed by atoms with Gasteiger partial charge in [-0.25, -0.2) is 4.98 Å². The maximum absolute atomic E-state index is 12.2. The normalized spacial score (nSPS) is 19.8. The van der Waals surface area contributed by atoms with Crippen LogP contribution in [0.1, 0.15) is 19.8 Å². The Morgan fingerprint density at radius 2 is 2.44 bits per heavy atom. The number of fused-ring (bicyclic) bond motifs is 1. The number of carbonyl (C=O) groups is 1. The van der Waals surface area contributed by atoms with E-state index < -0.39 is 0 Å². The highest BCUT2D eigenvalue weighted by molar-refractivity contribution is 7.12. The van der Waals surface area contributed by atoms with Crippen molar-refractivity contribution in [3.8, 4) is 16.6 Å². The Morgan fingerprint density at radius 1 is 1.56 bits per heavy atom. The number of anilines is 1. The van der Waals surface area contributed by atoms with E-state index in [-0.39, 0.29) is 18.4 Å². The highest BCUT2D eigenvalue weighted by atomic mass is 32.1. The minimum absolute atomic E-state index is 0.0750. The fourth-order valence-corrected chi connectivity index (χ4v) is 4.03. The molecule has 4 heterocycles. The first-order chi connectivity index (χ1) is 13.2. The van der Waals surface area contributed by atoms with E-state index >= 15 is 0 Å². The Kier molecular flexibility index (Phi) is 4.73. The fourth-order valence-electron chi connectivity index (χ4n) is 3.46. The van der Waals surface area contributed by atoms with Crippen LogP contribution < -0.4 is 5.32 Å². The zero-order valence-corrected chi connectivity index (χ0v) is 15.7. The molecule has 0 radical (unpaired) electrons. The molecule has 0 aromatic carbocycles. The van der Waals surface area contributed by atoms with Gasteiger partial charge in [-0.15, -0.1) is 10.2 Å². The number of hydrogen-bond donors (Lipinski definition) is 2. The number of aromatic nitrogens is 4. The lowest BCUT2D eigenvalue weighted by molar-refractivity contribution is -0.131. The average molecular weight is 381 g/mol. The summed E-state index contributed by atoms with van der Waals surface area (Å²) in [6.45, 7) is 3.45. The summed E-state index contributed by atoms with van der Waals surface area (Å²) in [6.07, 6.45) is 4.48. The SMILES string of the molecule is C[C@@H]1CCN(C(=O)CC#N)C[C@@H]1Nc1c(-c2nncs2)cnc2[nH]ccc12. The van der Waals surface area contributed by atoms with E-state index in [9.17, 15) is 4.79 Å². The first-order valence-corrected chi connectivity index (χ1v) is 9.69. The van der Waals surface area contributed by atoms with Crippen molar-refractivity contribution in [1.29, 1.82) is 5.26 Å². The molecular formula is C18H19N7OS. The van der Waals surface area contributed by atoms with Crippen LogP contribution in [0.3, 0.4) is 0 Å². The zero-order chi connectivity index (χ0) is 18.8. The van der Waals surface area contributed by atoms with Gasteiger partial charge in [0.2, 0.25) is 5.91 Å². The second kappa shape index (κ2) is 7.32. The Bertz CT molecular complexity index is 991. The van der Waals surface area contributed by atoms with Crippen molar-refractivity contribution in [2.75, 3.05) is 18.4 Å². The van der Waals surface area contributed by atoms with Crippen molar-refractivity contribution >= 4 is 34.0 Å². The van der Waals surface area contributed by atoms with Gasteiger partial charge >= 0.3 is 0 Å². The number of nitriles is 1. The zero-order valence-electron chi connectivity index (χ0n) is 14.8. The summed E-state index contributed by atoms with van der Waals surface area (Å²) in [4.78, 5) is 21.6. The molecule has 1 aliphatic heterocycles. The number of nitrogens with one attached hydrogen (secondary N) is 2. The quantitative estimate of drug-likeness (QED) is 0.719. The summed E-state index contributed by atoms with van der Waals surface area (Å²) in [5, 5.41) is 22.4. The van der Waals surface area contributed by atoms with Gasteiger partial charge in [0.1, 0.15) is 17.6 Å². The first kappa shape index (κ1) is 17.4. The van der Waals surface area contributed by atoms with Gasteiger partial charge in [0, 0.05) is 36.9 Å². The summed E-state index contributed by atoms with van der Waals surface area (Å²) in [5.74, 6) is 0.280. The Morgan fingerprint density at radius 3 is 3.22 bits per heavy atom. The largest absolute Gasteiger partial charge is 0.379 e. The highest BCUT2D eigenvalue weighted by Crippen LogP contribution is 2.35. The van der Waals surface area contributed by atoms with Crippen molar-refractivity contribution in [3.05, 3.63) is 24.0 Å². The lowest BCUT2D eigenvalue weighted by Crippen LogP contribution is -2.49. The maximum Gasteiger partial charge on any atom is 0.236 e. The minimum atomic E-state index is -0.109. The highest BCUT2D eigenvalue weighted by Gasteiger charge is 2.30. The van der Waals surface area contributed by atoms with E-state index in [0.717, 1.165) is 33.7 Å². The van der Waals surface area contributed by atoms with Crippen molar-refractivity contribution in [1.82, 2.24) is 25.1 Å². The molecule has 0 unspecified atom stereocenters. The van der Waals surface area contributed by atoms with Gasteiger partial charge in [-0.3, -0.25) is 4.79 Å². The molecule has 138 valence electrons. The molecule has 0 bridgehead atoms. The number of piperidine rings is 1. The molecule has 3 aromatic heterocycles. The number of rotatable bonds is 4. The molecule has 1 saturated heterocycles. The molecule has 0 spiro atoms. The van der Waals surface area contributed by atoms with Crippen molar-refractivity contribution in [2.24, 2.45) is 5.92 Å². The molecule has 1 aliphatic rings. The third kappa shape index (κ3) is 3.36. The van der Waals surface area contributed by atoms with Crippen molar-refractivity contribution in [2.45, 2.75) is 25.8 Å².